The molecule has 0 atom stereocenters. The summed E-state index contributed by atoms with van der Waals surface area (Å²) in [6.07, 6.45) is 0.507. The molecule has 0 aliphatic heterocycles. The van der Waals surface area contributed by atoms with E-state index in [1.54, 1.807) is 4.57 Å². The number of imidazole rings is 1. The molecule has 0 bridgehead atoms. The zero-order valence-corrected chi connectivity index (χ0v) is 13.4. The Morgan fingerprint density at radius 2 is 1.72 bits per heavy atom. The van der Waals surface area contributed by atoms with Crippen molar-refractivity contribution in [2.24, 2.45) is 5.73 Å². The molecule has 3 rings (SSSR count). The zero-order valence-electron chi connectivity index (χ0n) is 13.4. The number of benzene rings is 2. The molecule has 0 saturated carbocycles. The van der Waals surface area contributed by atoms with Crippen molar-refractivity contribution in [3.8, 4) is 0 Å². The highest BCUT2D eigenvalue weighted by atomic mass is 16.5. The van der Waals surface area contributed by atoms with Gasteiger partial charge >= 0.3 is 11.7 Å². The van der Waals surface area contributed by atoms with Crippen LogP contribution in [-0.2, 0) is 11.3 Å². The molecule has 3 N–H and O–H groups in total. The number of carbonyl (C=O) groups is 2. The van der Waals surface area contributed by atoms with Gasteiger partial charge in [-0.25, -0.2) is 9.59 Å². The second-order valence-corrected chi connectivity index (χ2v) is 5.53. The van der Waals surface area contributed by atoms with E-state index in [-0.39, 0.29) is 12.3 Å². The fraction of sp³-hybridized carbons (Fsp3) is 0.167. The molecule has 25 heavy (non-hydrogen) atoms. The third-order valence-corrected chi connectivity index (χ3v) is 3.85. The molecule has 0 spiro atoms. The van der Waals surface area contributed by atoms with Crippen molar-refractivity contribution in [2.45, 2.75) is 13.0 Å². The molecule has 0 aliphatic carbocycles. The van der Waals surface area contributed by atoms with Crippen LogP contribution < -0.4 is 11.4 Å². The SMILES string of the molecule is NC(=O)c1ccc(C(=O)OCCCn2c(=O)[nH]c3ccccc32)cc1. The highest BCUT2D eigenvalue weighted by Gasteiger charge is 2.09. The molecule has 3 aromatic rings. The number of nitrogens with one attached hydrogen (secondary N) is 1. The summed E-state index contributed by atoms with van der Waals surface area (Å²) in [4.78, 5) is 37.7. The van der Waals surface area contributed by atoms with Crippen LogP contribution >= 0.6 is 0 Å². The topological polar surface area (TPSA) is 107 Å². The van der Waals surface area contributed by atoms with Crippen LogP contribution in [0, 0.1) is 0 Å². The number of carbonyl (C=O) groups excluding carboxylic acids is 2. The number of aryl methyl sites for hydroxylation is 1. The van der Waals surface area contributed by atoms with Gasteiger partial charge in [-0.2, -0.15) is 0 Å². The van der Waals surface area contributed by atoms with Crippen molar-refractivity contribution in [1.82, 2.24) is 9.55 Å². The number of aromatic nitrogens is 2. The van der Waals surface area contributed by atoms with Crippen molar-refractivity contribution in [2.75, 3.05) is 6.61 Å². The average Bonchev–Trinajstić information content (AvgIpc) is 2.94. The van der Waals surface area contributed by atoms with Gasteiger partial charge in [0.15, 0.2) is 0 Å². The molecule has 7 heteroatoms. The Morgan fingerprint density at radius 3 is 2.44 bits per heavy atom. The van der Waals surface area contributed by atoms with Crippen LogP contribution in [-0.4, -0.2) is 28.0 Å². The fourth-order valence-electron chi connectivity index (χ4n) is 2.57. The van der Waals surface area contributed by atoms with Crippen LogP contribution in [0.25, 0.3) is 11.0 Å². The number of ether oxygens (including phenoxy) is 1. The van der Waals surface area contributed by atoms with Gasteiger partial charge in [0, 0.05) is 12.1 Å². The van der Waals surface area contributed by atoms with Gasteiger partial charge in [-0.3, -0.25) is 9.36 Å². The summed E-state index contributed by atoms with van der Waals surface area (Å²) in [6, 6.07) is 13.4. The van der Waals surface area contributed by atoms with Crippen LogP contribution in [0.5, 0.6) is 0 Å². The van der Waals surface area contributed by atoms with Crippen molar-refractivity contribution in [3.05, 3.63) is 70.1 Å². The Kier molecular flexibility index (Phi) is 4.65. The Morgan fingerprint density at radius 1 is 1.04 bits per heavy atom. The van der Waals surface area contributed by atoms with E-state index in [4.69, 9.17) is 10.5 Å². The van der Waals surface area contributed by atoms with Crippen LogP contribution in [0.2, 0.25) is 0 Å². The number of rotatable bonds is 6. The second-order valence-electron chi connectivity index (χ2n) is 5.53. The molecule has 0 unspecified atom stereocenters. The number of esters is 1. The highest BCUT2D eigenvalue weighted by molar-refractivity contribution is 5.95. The van der Waals surface area contributed by atoms with Gasteiger partial charge in [0.05, 0.1) is 23.2 Å². The molecule has 0 radical (unpaired) electrons. The summed E-state index contributed by atoms with van der Waals surface area (Å²) in [6.45, 7) is 0.624. The van der Waals surface area contributed by atoms with Gasteiger partial charge in [-0.1, -0.05) is 12.1 Å². The number of amides is 1. The van der Waals surface area contributed by atoms with Gasteiger partial charge in [-0.05, 0) is 42.8 Å². The standard InChI is InChI=1S/C18H17N3O4/c19-16(22)12-6-8-13(9-7-12)17(23)25-11-3-10-21-15-5-2-1-4-14(15)20-18(21)24/h1-2,4-9H,3,10-11H2,(H2,19,22)(H,20,24). The van der Waals surface area contributed by atoms with E-state index in [2.05, 4.69) is 4.98 Å². The van der Waals surface area contributed by atoms with Crippen LogP contribution in [0.4, 0.5) is 0 Å². The van der Waals surface area contributed by atoms with Crippen LogP contribution in [0.1, 0.15) is 27.1 Å². The number of para-hydroxylation sites is 2. The normalized spacial score (nSPS) is 10.7. The Labute approximate surface area is 143 Å². The van der Waals surface area contributed by atoms with E-state index < -0.39 is 11.9 Å². The molecule has 1 amide bonds. The smallest absolute Gasteiger partial charge is 0.338 e. The van der Waals surface area contributed by atoms with Crippen LogP contribution in [0.15, 0.2) is 53.3 Å². The van der Waals surface area contributed by atoms with Gasteiger partial charge in [0.2, 0.25) is 5.91 Å². The first-order valence-electron chi connectivity index (χ1n) is 7.81. The molecule has 1 aromatic heterocycles. The van der Waals surface area contributed by atoms with E-state index in [1.807, 2.05) is 24.3 Å². The van der Waals surface area contributed by atoms with Crippen LogP contribution in [0.3, 0.4) is 0 Å². The number of aromatic amines is 1. The number of nitrogens with two attached hydrogens (primary N) is 1. The number of hydrogen-bond acceptors (Lipinski definition) is 4. The third kappa shape index (κ3) is 3.60. The van der Waals surface area contributed by atoms with Gasteiger partial charge in [-0.15, -0.1) is 0 Å². The minimum atomic E-state index is -0.552. The predicted molar refractivity (Wildman–Crippen MR) is 92.4 cm³/mol. The lowest BCUT2D eigenvalue weighted by Crippen LogP contribution is -2.18. The van der Waals surface area contributed by atoms with E-state index in [1.165, 1.54) is 24.3 Å². The lowest BCUT2D eigenvalue weighted by atomic mass is 10.1. The summed E-state index contributed by atoms with van der Waals surface area (Å²) in [7, 11) is 0. The first kappa shape index (κ1) is 16.5. The Bertz CT molecular complexity index is 970. The summed E-state index contributed by atoms with van der Waals surface area (Å²) in [5.41, 5.74) is 7.23. The second kappa shape index (κ2) is 7.04. The van der Waals surface area contributed by atoms with Crippen molar-refractivity contribution in [3.63, 3.8) is 0 Å². The van der Waals surface area contributed by atoms with Crippen molar-refractivity contribution < 1.29 is 14.3 Å². The van der Waals surface area contributed by atoms with Gasteiger partial charge < -0.3 is 15.5 Å². The number of H-pyrrole nitrogens is 1. The van der Waals surface area contributed by atoms with Crippen molar-refractivity contribution in [1.29, 1.82) is 0 Å². The number of nitrogens with zero attached hydrogens (tertiary/aromatic N) is 1. The van der Waals surface area contributed by atoms with E-state index in [0.717, 1.165) is 11.0 Å². The maximum atomic E-state index is 12.0. The molecule has 0 saturated heterocycles. The van der Waals surface area contributed by atoms with Gasteiger partial charge in [0.25, 0.3) is 0 Å². The van der Waals surface area contributed by atoms with Gasteiger partial charge in [0.1, 0.15) is 0 Å². The number of hydrogen-bond donors (Lipinski definition) is 2. The molecule has 0 aliphatic rings. The monoisotopic (exact) mass is 339 g/mol. The summed E-state index contributed by atoms with van der Waals surface area (Å²) in [5, 5.41) is 0. The lowest BCUT2D eigenvalue weighted by Gasteiger charge is -2.06. The fourth-order valence-corrected chi connectivity index (χ4v) is 2.57. The largest absolute Gasteiger partial charge is 0.462 e. The third-order valence-electron chi connectivity index (χ3n) is 3.85. The quantitative estimate of drug-likeness (QED) is 0.526. The summed E-state index contributed by atoms with van der Waals surface area (Å²) in [5.74, 6) is -1.04. The molecule has 0 fully saturated rings. The molecular weight excluding hydrogens is 322 g/mol. The molecular formula is C18H17N3O4. The summed E-state index contributed by atoms with van der Waals surface area (Å²) >= 11 is 0. The minimum absolute atomic E-state index is 0.183. The predicted octanol–water partition coefficient (Wildman–Crippen LogP) is 1.68. The number of fused-ring (bicyclic) bond motifs is 1. The zero-order chi connectivity index (χ0) is 17.8. The molecule has 128 valence electrons. The summed E-state index contributed by atoms with van der Waals surface area (Å²) < 4.78 is 6.81. The maximum Gasteiger partial charge on any atom is 0.338 e. The highest BCUT2D eigenvalue weighted by Crippen LogP contribution is 2.10. The molecule has 2 aromatic carbocycles. The Hall–Kier alpha value is -3.35. The lowest BCUT2D eigenvalue weighted by molar-refractivity contribution is 0.0496. The first-order chi connectivity index (χ1) is 12.1. The van der Waals surface area contributed by atoms with Crippen molar-refractivity contribution >= 4 is 22.9 Å². The van der Waals surface area contributed by atoms with E-state index in [0.29, 0.717) is 24.1 Å². The molecule has 1 heterocycles. The Balaban J connectivity index is 1.56. The average molecular weight is 339 g/mol. The number of primary amides is 1. The van der Waals surface area contributed by atoms with E-state index in [9.17, 15) is 14.4 Å². The molecule has 7 nitrogen and oxygen atoms in total. The minimum Gasteiger partial charge on any atom is -0.462 e. The van der Waals surface area contributed by atoms with E-state index >= 15 is 0 Å². The maximum absolute atomic E-state index is 12.0. The first-order valence-corrected chi connectivity index (χ1v) is 7.81.